The number of hydrogen-bond donors (Lipinski definition) is 1. The van der Waals surface area contributed by atoms with Crippen LogP contribution in [0.3, 0.4) is 0 Å². The average Bonchev–Trinajstić information content (AvgIpc) is 2.64. The zero-order valence-electron chi connectivity index (χ0n) is 15.7. The van der Waals surface area contributed by atoms with Gasteiger partial charge in [-0.1, -0.05) is 6.42 Å². The van der Waals surface area contributed by atoms with Crippen LogP contribution >= 0.6 is 0 Å². The predicted molar refractivity (Wildman–Crippen MR) is 96.9 cm³/mol. The van der Waals surface area contributed by atoms with Crippen molar-refractivity contribution in [1.29, 1.82) is 0 Å². The van der Waals surface area contributed by atoms with Crippen molar-refractivity contribution in [1.82, 2.24) is 4.31 Å². The summed E-state index contributed by atoms with van der Waals surface area (Å²) in [5.74, 6) is -1.34. The van der Waals surface area contributed by atoms with Gasteiger partial charge in [-0.15, -0.1) is 0 Å². The molecule has 0 heterocycles. The highest BCUT2D eigenvalue weighted by molar-refractivity contribution is 7.89. The van der Waals surface area contributed by atoms with E-state index < -0.39 is 28.0 Å². The van der Waals surface area contributed by atoms with Crippen molar-refractivity contribution in [3.8, 4) is 0 Å². The Morgan fingerprint density at radius 1 is 1.22 bits per heavy atom. The van der Waals surface area contributed by atoms with E-state index in [1.165, 1.54) is 23.5 Å². The van der Waals surface area contributed by atoms with E-state index in [4.69, 9.17) is 4.74 Å². The Morgan fingerprint density at radius 3 is 2.33 bits per heavy atom. The summed E-state index contributed by atoms with van der Waals surface area (Å²) in [4.78, 5) is 23.6. The molecule has 1 fully saturated rings. The summed E-state index contributed by atoms with van der Waals surface area (Å²) in [6, 6.07) is 2.98. The van der Waals surface area contributed by atoms with Crippen molar-refractivity contribution in [2.24, 2.45) is 5.92 Å². The molecule has 1 aliphatic carbocycles. The molecule has 1 atom stereocenters. The molecule has 0 amide bonds. The molecule has 0 radical (unpaired) electrons. The molecule has 1 aliphatic rings. The van der Waals surface area contributed by atoms with Gasteiger partial charge in [0.05, 0.1) is 36.8 Å². The number of carbonyl (C=O) groups is 2. The van der Waals surface area contributed by atoms with Crippen LogP contribution in [-0.4, -0.2) is 63.2 Å². The lowest BCUT2D eigenvalue weighted by atomic mass is 9.85. The maximum Gasteiger partial charge on any atom is 0.339 e. The Kier molecular flexibility index (Phi) is 6.96. The van der Waals surface area contributed by atoms with Crippen molar-refractivity contribution in [3.05, 3.63) is 29.3 Å². The Bertz CT molecular complexity index is 802. The lowest BCUT2D eigenvalue weighted by molar-refractivity contribution is 0.0583. The van der Waals surface area contributed by atoms with Crippen LogP contribution in [0.25, 0.3) is 0 Å². The van der Waals surface area contributed by atoms with E-state index in [9.17, 15) is 23.1 Å². The number of methoxy groups -OCH3 is 2. The molecule has 1 saturated carbocycles. The molecular weight excluding hydrogens is 374 g/mol. The number of aliphatic hydroxyl groups is 1. The highest BCUT2D eigenvalue weighted by atomic mass is 32.2. The number of nitrogens with zero attached hydrogens (tertiary/aromatic N) is 1. The summed E-state index contributed by atoms with van der Waals surface area (Å²) in [5, 5.41) is 9.55. The van der Waals surface area contributed by atoms with Gasteiger partial charge in [0.25, 0.3) is 0 Å². The van der Waals surface area contributed by atoms with Gasteiger partial charge in [0.1, 0.15) is 0 Å². The van der Waals surface area contributed by atoms with E-state index in [0.717, 1.165) is 32.4 Å². The number of hydrogen-bond acceptors (Lipinski definition) is 7. The van der Waals surface area contributed by atoms with Gasteiger partial charge in [-0.2, -0.15) is 4.31 Å². The molecule has 8 nitrogen and oxygen atoms in total. The minimum atomic E-state index is -4.17. The molecule has 150 valence electrons. The van der Waals surface area contributed by atoms with Gasteiger partial charge in [-0.3, -0.25) is 0 Å². The van der Waals surface area contributed by atoms with Crippen molar-refractivity contribution in [3.63, 3.8) is 0 Å². The minimum absolute atomic E-state index is 0.00368. The average molecular weight is 399 g/mol. The molecule has 0 aliphatic heterocycles. The summed E-state index contributed by atoms with van der Waals surface area (Å²) in [6.07, 6.45) is 2.86. The normalized spacial score (nSPS) is 15.9. The number of carbonyl (C=O) groups excluding carboxylic acids is 2. The van der Waals surface area contributed by atoms with Gasteiger partial charge >= 0.3 is 11.9 Å². The Labute approximate surface area is 159 Å². The van der Waals surface area contributed by atoms with Crippen molar-refractivity contribution in [2.45, 2.75) is 37.1 Å². The SMILES string of the molecule is COC(=O)c1ccc(C(=O)OC)c(S(=O)(=O)N(CC2CCC2)[C@@H](C)CO)c1. The summed E-state index contributed by atoms with van der Waals surface area (Å²) in [6.45, 7) is 1.47. The van der Waals surface area contributed by atoms with E-state index in [2.05, 4.69) is 4.74 Å². The van der Waals surface area contributed by atoms with Gasteiger partial charge in [0, 0.05) is 12.6 Å². The van der Waals surface area contributed by atoms with Crippen LogP contribution in [0.15, 0.2) is 23.1 Å². The van der Waals surface area contributed by atoms with Crippen LogP contribution in [0.5, 0.6) is 0 Å². The molecule has 0 aromatic heterocycles. The van der Waals surface area contributed by atoms with Gasteiger partial charge in [0.2, 0.25) is 10.0 Å². The molecule has 2 rings (SSSR count). The van der Waals surface area contributed by atoms with Crippen LogP contribution in [0, 0.1) is 5.92 Å². The first kappa shape index (κ1) is 21.3. The predicted octanol–water partition coefficient (Wildman–Crippen LogP) is 1.43. The second-order valence-electron chi connectivity index (χ2n) is 6.60. The molecule has 1 N–H and O–H groups in total. The van der Waals surface area contributed by atoms with Gasteiger partial charge < -0.3 is 14.6 Å². The fourth-order valence-corrected chi connectivity index (χ4v) is 4.83. The summed E-state index contributed by atoms with van der Waals surface area (Å²) in [7, 11) is -1.84. The van der Waals surface area contributed by atoms with Crippen molar-refractivity contribution >= 4 is 22.0 Å². The van der Waals surface area contributed by atoms with Crippen LogP contribution in [0.4, 0.5) is 0 Å². The molecular formula is C18H25NO7S. The summed E-state index contributed by atoms with van der Waals surface area (Å²) >= 11 is 0. The second-order valence-corrected chi connectivity index (χ2v) is 8.46. The van der Waals surface area contributed by atoms with Crippen molar-refractivity contribution < 1.29 is 32.6 Å². The highest BCUT2D eigenvalue weighted by Gasteiger charge is 2.36. The largest absolute Gasteiger partial charge is 0.465 e. The second kappa shape index (κ2) is 8.81. The first-order valence-corrected chi connectivity index (χ1v) is 10.1. The molecule has 0 bridgehead atoms. The molecule has 1 aromatic rings. The first-order chi connectivity index (χ1) is 12.8. The maximum absolute atomic E-state index is 13.4. The third-order valence-corrected chi connectivity index (χ3v) is 6.83. The van der Waals surface area contributed by atoms with E-state index in [0.29, 0.717) is 0 Å². The molecule has 0 unspecified atom stereocenters. The van der Waals surface area contributed by atoms with E-state index in [-0.39, 0.29) is 35.1 Å². The molecule has 9 heteroatoms. The number of aliphatic hydroxyl groups excluding tert-OH is 1. The molecule has 0 saturated heterocycles. The monoisotopic (exact) mass is 399 g/mol. The fourth-order valence-electron chi connectivity index (χ4n) is 2.92. The smallest absolute Gasteiger partial charge is 0.339 e. The van der Waals surface area contributed by atoms with Crippen LogP contribution in [0.2, 0.25) is 0 Å². The van der Waals surface area contributed by atoms with E-state index in [1.54, 1.807) is 6.92 Å². The zero-order valence-corrected chi connectivity index (χ0v) is 16.5. The quantitative estimate of drug-likeness (QED) is 0.659. The molecule has 0 spiro atoms. The minimum Gasteiger partial charge on any atom is -0.465 e. The van der Waals surface area contributed by atoms with E-state index >= 15 is 0 Å². The van der Waals surface area contributed by atoms with E-state index in [1.807, 2.05) is 0 Å². The standard InChI is InChI=1S/C18H25NO7S/c1-12(11-20)19(10-13-5-4-6-13)27(23,24)16-9-14(17(21)25-2)7-8-15(16)18(22)26-3/h7-9,12-13,20H,4-6,10-11H2,1-3H3/t12-/m0/s1. The third-order valence-electron chi connectivity index (χ3n) is 4.81. The Morgan fingerprint density at radius 2 is 1.85 bits per heavy atom. The van der Waals surface area contributed by atoms with Crippen molar-refractivity contribution in [2.75, 3.05) is 27.4 Å². The number of benzene rings is 1. The van der Waals surface area contributed by atoms with Crippen LogP contribution in [-0.2, 0) is 19.5 Å². The van der Waals surface area contributed by atoms with Gasteiger partial charge in [-0.05, 0) is 43.9 Å². The highest BCUT2D eigenvalue weighted by Crippen LogP contribution is 2.31. The topological polar surface area (TPSA) is 110 Å². The van der Waals surface area contributed by atoms with Gasteiger partial charge in [0.15, 0.2) is 0 Å². The molecule has 1 aromatic carbocycles. The van der Waals surface area contributed by atoms with Gasteiger partial charge in [-0.25, -0.2) is 18.0 Å². The molecule has 27 heavy (non-hydrogen) atoms. The maximum atomic E-state index is 13.4. The van der Waals surface area contributed by atoms with Crippen LogP contribution < -0.4 is 0 Å². The number of ether oxygens (including phenoxy) is 2. The first-order valence-electron chi connectivity index (χ1n) is 8.69. The fraction of sp³-hybridized carbons (Fsp3) is 0.556. The lowest BCUT2D eigenvalue weighted by Gasteiger charge is -2.34. The number of sulfonamides is 1. The zero-order chi connectivity index (χ0) is 20.2. The third kappa shape index (κ3) is 4.48. The Hall–Kier alpha value is -1.97. The number of rotatable bonds is 8. The van der Waals surface area contributed by atoms with Crippen LogP contribution in [0.1, 0.15) is 46.9 Å². The lowest BCUT2D eigenvalue weighted by Crippen LogP contribution is -2.45. The summed E-state index contributed by atoms with van der Waals surface area (Å²) < 4.78 is 37.3. The number of esters is 2. The summed E-state index contributed by atoms with van der Waals surface area (Å²) in [5.41, 5.74) is -0.169. The Balaban J connectivity index is 2.57.